The van der Waals surface area contributed by atoms with E-state index < -0.39 is 11.6 Å². The lowest BCUT2D eigenvalue weighted by atomic mass is 9.95. The van der Waals surface area contributed by atoms with Crippen LogP contribution in [-0.4, -0.2) is 63.2 Å². The molecule has 5 aromatic rings. The first-order valence-electron chi connectivity index (χ1n) is 14.4. The Balaban J connectivity index is 1.24. The third kappa shape index (κ3) is 4.85. The van der Waals surface area contributed by atoms with E-state index in [1.165, 1.54) is 6.07 Å². The van der Waals surface area contributed by atoms with Gasteiger partial charge in [0.05, 0.1) is 16.6 Å². The Morgan fingerprint density at radius 1 is 0.905 bits per heavy atom. The normalized spacial score (nSPS) is 16.1. The second-order valence-corrected chi connectivity index (χ2v) is 11.0. The molecule has 0 aliphatic carbocycles. The number of anilines is 2. The number of nitrogens with one attached hydrogen (secondary N) is 2. The summed E-state index contributed by atoms with van der Waals surface area (Å²) in [5.74, 6) is -0.651. The van der Waals surface area contributed by atoms with E-state index >= 15 is 4.39 Å². The van der Waals surface area contributed by atoms with E-state index in [-0.39, 0.29) is 22.8 Å². The summed E-state index contributed by atoms with van der Waals surface area (Å²) in [5, 5.41) is 8.01. The fraction of sp³-hybridized carbons (Fsp3) is 0.312. The summed E-state index contributed by atoms with van der Waals surface area (Å²) in [7, 11) is 0. The molecule has 2 aromatic carbocycles. The number of fused-ring (bicyclic) bond motifs is 3. The number of ether oxygens (including phenoxy) is 1. The minimum Gasteiger partial charge on any atom is -0.461 e. The average Bonchev–Trinajstić information content (AvgIpc) is 3.60. The van der Waals surface area contributed by atoms with Crippen LogP contribution in [0, 0.1) is 11.6 Å². The van der Waals surface area contributed by atoms with Crippen LogP contribution in [-0.2, 0) is 0 Å². The van der Waals surface area contributed by atoms with Crippen molar-refractivity contribution in [2.75, 3.05) is 43.4 Å². The highest BCUT2D eigenvalue weighted by Crippen LogP contribution is 2.39. The molecule has 0 radical (unpaired) electrons. The highest BCUT2D eigenvalue weighted by Gasteiger charge is 2.45. The van der Waals surface area contributed by atoms with Crippen molar-refractivity contribution in [2.45, 2.75) is 31.2 Å². The Morgan fingerprint density at radius 3 is 2.52 bits per heavy atom. The van der Waals surface area contributed by atoms with Gasteiger partial charge in [0.2, 0.25) is 0 Å². The van der Waals surface area contributed by atoms with Gasteiger partial charge in [-0.25, -0.2) is 8.78 Å². The summed E-state index contributed by atoms with van der Waals surface area (Å²) in [6.45, 7) is 3.67. The summed E-state index contributed by atoms with van der Waals surface area (Å²) in [6.07, 6.45) is 9.44. The largest absolute Gasteiger partial charge is 0.461 e. The smallest absolute Gasteiger partial charge is 0.319 e. The van der Waals surface area contributed by atoms with Crippen LogP contribution in [0.5, 0.6) is 6.01 Å². The molecule has 2 aliphatic heterocycles. The maximum atomic E-state index is 16.4. The van der Waals surface area contributed by atoms with Gasteiger partial charge in [-0.05, 0) is 62.4 Å². The van der Waals surface area contributed by atoms with Crippen molar-refractivity contribution in [3.63, 3.8) is 0 Å². The van der Waals surface area contributed by atoms with Gasteiger partial charge in [-0.3, -0.25) is 14.9 Å². The van der Waals surface area contributed by atoms with Gasteiger partial charge in [0.1, 0.15) is 29.5 Å². The molecule has 214 valence electrons. The molecule has 2 fully saturated rings. The topological polar surface area (TPSA) is 88.1 Å². The lowest BCUT2D eigenvalue weighted by Crippen LogP contribution is -2.43. The van der Waals surface area contributed by atoms with Crippen molar-refractivity contribution in [3.8, 4) is 17.3 Å². The summed E-state index contributed by atoms with van der Waals surface area (Å²) >= 11 is 0. The van der Waals surface area contributed by atoms with Crippen LogP contribution in [0.2, 0.25) is 0 Å². The molecule has 0 spiro atoms. The monoisotopic (exact) mass is 567 g/mol. The van der Waals surface area contributed by atoms with Crippen LogP contribution in [0.1, 0.15) is 25.7 Å². The molecular formula is C32H31F2N7O. The quantitative estimate of drug-likeness (QED) is 0.208. The molecule has 2 saturated heterocycles. The first kappa shape index (κ1) is 26.5. The summed E-state index contributed by atoms with van der Waals surface area (Å²) < 4.78 is 37.5. The number of halogens is 2. The molecule has 5 heterocycles. The second-order valence-electron chi connectivity index (χ2n) is 11.0. The number of hydrogen-bond donors (Lipinski definition) is 2. The van der Waals surface area contributed by atoms with Gasteiger partial charge >= 0.3 is 6.01 Å². The number of aromatic nitrogens is 4. The number of pyridine rings is 2. The third-order valence-electron chi connectivity index (χ3n) is 8.46. The molecule has 2 aliphatic rings. The maximum Gasteiger partial charge on any atom is 0.319 e. The average molecular weight is 568 g/mol. The minimum absolute atomic E-state index is 0.0119. The van der Waals surface area contributed by atoms with Crippen LogP contribution in [0.4, 0.5) is 20.3 Å². The third-order valence-corrected chi connectivity index (χ3v) is 8.46. The van der Waals surface area contributed by atoms with Crippen LogP contribution in [0.15, 0.2) is 67.1 Å². The lowest BCUT2D eigenvalue weighted by molar-refractivity contribution is 0.108. The van der Waals surface area contributed by atoms with E-state index in [4.69, 9.17) is 4.74 Å². The Kier molecular flexibility index (Phi) is 6.99. The molecule has 42 heavy (non-hydrogen) atoms. The zero-order valence-electron chi connectivity index (χ0n) is 23.1. The predicted molar refractivity (Wildman–Crippen MR) is 160 cm³/mol. The first-order chi connectivity index (χ1) is 20.6. The molecule has 8 nitrogen and oxygen atoms in total. The zero-order valence-corrected chi connectivity index (χ0v) is 23.1. The van der Waals surface area contributed by atoms with Gasteiger partial charge < -0.3 is 15.4 Å². The van der Waals surface area contributed by atoms with Crippen molar-refractivity contribution in [2.24, 2.45) is 0 Å². The molecule has 0 bridgehead atoms. The number of benzene rings is 2. The SMILES string of the molecule is Fc1c(-c2cccc3cccc(F)c23)ncc2c(NCCNc3cccnc3)nc(OCC34CCCN3CCC4)nc12. The lowest BCUT2D eigenvalue weighted by Gasteiger charge is -2.31. The van der Waals surface area contributed by atoms with Crippen molar-refractivity contribution in [3.05, 3.63) is 78.8 Å². The number of nitrogens with zero attached hydrogens (tertiary/aromatic N) is 5. The number of rotatable bonds is 9. The molecule has 0 saturated carbocycles. The second kappa shape index (κ2) is 11.1. The molecule has 10 heteroatoms. The van der Waals surface area contributed by atoms with Gasteiger partial charge in [0, 0.05) is 42.6 Å². The number of hydrogen-bond acceptors (Lipinski definition) is 8. The maximum absolute atomic E-state index is 16.4. The standard InChI is InChI=1S/C32H31F2N7O/c33-25-10-2-7-21-6-1-9-23(26(21)25)28-27(34)29-24(19-38-28)30(37-15-14-36-22-8-3-13-35-18-22)40-31(39-29)42-20-32-11-4-16-41(32)17-5-12-32/h1-3,6-10,13,18-19,36H,4-5,11-12,14-17,20H2,(H,37,39,40). The molecule has 7 rings (SSSR count). The van der Waals surface area contributed by atoms with Gasteiger partial charge in [0.15, 0.2) is 5.82 Å². The Morgan fingerprint density at radius 2 is 1.71 bits per heavy atom. The van der Waals surface area contributed by atoms with Crippen molar-refractivity contribution in [1.82, 2.24) is 24.8 Å². The van der Waals surface area contributed by atoms with Crippen molar-refractivity contribution in [1.29, 1.82) is 0 Å². The van der Waals surface area contributed by atoms with Crippen LogP contribution < -0.4 is 15.4 Å². The molecule has 0 unspecified atom stereocenters. The van der Waals surface area contributed by atoms with Gasteiger partial charge in [-0.2, -0.15) is 9.97 Å². The highest BCUT2D eigenvalue weighted by molar-refractivity contribution is 5.99. The minimum atomic E-state index is -0.645. The van der Waals surface area contributed by atoms with E-state index in [0.717, 1.165) is 44.5 Å². The van der Waals surface area contributed by atoms with Crippen LogP contribution in [0.3, 0.4) is 0 Å². The summed E-state index contributed by atoms with van der Waals surface area (Å²) in [4.78, 5) is 20.3. The van der Waals surface area contributed by atoms with Gasteiger partial charge in [-0.15, -0.1) is 0 Å². The zero-order chi connectivity index (χ0) is 28.5. The van der Waals surface area contributed by atoms with Gasteiger partial charge in [0.25, 0.3) is 0 Å². The van der Waals surface area contributed by atoms with E-state index in [2.05, 4.69) is 35.5 Å². The first-order valence-corrected chi connectivity index (χ1v) is 14.4. The highest BCUT2D eigenvalue weighted by atomic mass is 19.1. The molecule has 0 amide bonds. The molecule has 0 atom stereocenters. The van der Waals surface area contributed by atoms with Gasteiger partial charge in [-0.1, -0.05) is 30.3 Å². The fourth-order valence-corrected chi connectivity index (χ4v) is 6.43. The Labute approximate surface area is 242 Å². The van der Waals surface area contributed by atoms with E-state index in [1.54, 1.807) is 48.9 Å². The molecule has 3 aromatic heterocycles. The summed E-state index contributed by atoms with van der Waals surface area (Å²) in [5.41, 5.74) is 1.36. The Bertz CT molecular complexity index is 1740. The van der Waals surface area contributed by atoms with E-state index in [0.29, 0.717) is 47.2 Å². The van der Waals surface area contributed by atoms with E-state index in [1.807, 2.05) is 12.1 Å². The molecule has 2 N–H and O–H groups in total. The fourth-order valence-electron chi connectivity index (χ4n) is 6.43. The molecular weight excluding hydrogens is 536 g/mol. The van der Waals surface area contributed by atoms with Crippen molar-refractivity contribution >= 4 is 33.2 Å². The Hall–Kier alpha value is -4.44. The van der Waals surface area contributed by atoms with Crippen molar-refractivity contribution < 1.29 is 13.5 Å². The van der Waals surface area contributed by atoms with Crippen LogP contribution in [0.25, 0.3) is 32.9 Å². The van der Waals surface area contributed by atoms with Crippen LogP contribution >= 0.6 is 0 Å². The summed E-state index contributed by atoms with van der Waals surface area (Å²) in [6, 6.07) is 14.0. The van der Waals surface area contributed by atoms with E-state index in [9.17, 15) is 4.39 Å². The predicted octanol–water partition coefficient (Wildman–Crippen LogP) is 6.05.